The maximum atomic E-state index is 5.46. The van der Waals surface area contributed by atoms with Crippen LogP contribution < -0.4 is 0 Å². The molecule has 0 saturated carbocycles. The molecule has 3 aromatic rings. The largest absolute Gasteiger partial charge is 0.368 e. The lowest BCUT2D eigenvalue weighted by molar-refractivity contribution is 0.415. The van der Waals surface area contributed by atoms with E-state index in [1.54, 1.807) is 0 Å². The summed E-state index contributed by atoms with van der Waals surface area (Å²) in [4.78, 5) is 0. The van der Waals surface area contributed by atoms with Crippen LogP contribution >= 0.6 is 0 Å². The molecule has 4 rings (SSSR count). The normalized spacial score (nSPS) is 16.3. The molecule has 0 N–H and O–H groups in total. The van der Waals surface area contributed by atoms with Gasteiger partial charge in [0.15, 0.2) is 0 Å². The first-order valence-corrected chi connectivity index (χ1v) is 8.19. The Morgan fingerprint density at radius 2 is 1.26 bits per heavy atom. The van der Waals surface area contributed by atoms with Crippen LogP contribution in [0, 0.1) is 0 Å². The topological polar surface area (TPSA) is 12.5 Å². The van der Waals surface area contributed by atoms with E-state index in [1.165, 1.54) is 27.8 Å². The summed E-state index contributed by atoms with van der Waals surface area (Å²) in [7, 11) is 0. The standard InChI is InChI=1S/C22H20O/c1-3-7-17(8-4-1)13-19-11-12-20(22-16-23-22)15-21(19)14-18-9-5-2-6-10-18/h1-12,15,22H,13-14,16H2. The van der Waals surface area contributed by atoms with Gasteiger partial charge in [0, 0.05) is 0 Å². The summed E-state index contributed by atoms with van der Waals surface area (Å²) in [5.74, 6) is 0. The highest BCUT2D eigenvalue weighted by Gasteiger charge is 2.25. The summed E-state index contributed by atoms with van der Waals surface area (Å²) in [5, 5.41) is 0. The summed E-state index contributed by atoms with van der Waals surface area (Å²) in [5.41, 5.74) is 6.85. The SMILES string of the molecule is c1ccc(Cc2ccc(C3CO3)cc2Cc2ccccc2)cc1. The minimum absolute atomic E-state index is 0.315. The predicted molar refractivity (Wildman–Crippen MR) is 93.6 cm³/mol. The fourth-order valence-electron chi connectivity index (χ4n) is 3.06. The van der Waals surface area contributed by atoms with E-state index in [4.69, 9.17) is 4.74 Å². The molecule has 0 amide bonds. The van der Waals surface area contributed by atoms with Crippen LogP contribution in [0.15, 0.2) is 78.9 Å². The van der Waals surface area contributed by atoms with Crippen molar-refractivity contribution in [2.75, 3.05) is 6.61 Å². The van der Waals surface area contributed by atoms with E-state index in [9.17, 15) is 0 Å². The Morgan fingerprint density at radius 1 is 0.696 bits per heavy atom. The third kappa shape index (κ3) is 3.52. The van der Waals surface area contributed by atoms with Crippen molar-refractivity contribution in [3.8, 4) is 0 Å². The van der Waals surface area contributed by atoms with Crippen molar-refractivity contribution in [1.29, 1.82) is 0 Å². The zero-order valence-electron chi connectivity index (χ0n) is 13.1. The molecule has 1 fully saturated rings. The Hall–Kier alpha value is -2.38. The maximum Gasteiger partial charge on any atom is 0.106 e. The zero-order valence-corrected chi connectivity index (χ0v) is 13.1. The van der Waals surface area contributed by atoms with Crippen LogP contribution in [0.5, 0.6) is 0 Å². The average molecular weight is 300 g/mol. The molecule has 1 heteroatoms. The summed E-state index contributed by atoms with van der Waals surface area (Å²) in [6.45, 7) is 0.864. The van der Waals surface area contributed by atoms with Crippen LogP contribution in [-0.2, 0) is 17.6 Å². The third-order valence-corrected chi connectivity index (χ3v) is 4.41. The number of hydrogen-bond acceptors (Lipinski definition) is 1. The van der Waals surface area contributed by atoms with Gasteiger partial charge in [-0.3, -0.25) is 0 Å². The second-order valence-corrected chi connectivity index (χ2v) is 6.17. The van der Waals surface area contributed by atoms with Gasteiger partial charge in [0.2, 0.25) is 0 Å². The molecule has 3 aromatic carbocycles. The third-order valence-electron chi connectivity index (χ3n) is 4.41. The van der Waals surface area contributed by atoms with E-state index >= 15 is 0 Å². The molecule has 1 aliphatic heterocycles. The van der Waals surface area contributed by atoms with Gasteiger partial charge in [-0.15, -0.1) is 0 Å². The molecule has 0 spiro atoms. The minimum Gasteiger partial charge on any atom is -0.368 e. The van der Waals surface area contributed by atoms with E-state index in [-0.39, 0.29) is 0 Å². The van der Waals surface area contributed by atoms with Crippen LogP contribution in [0.25, 0.3) is 0 Å². The number of hydrogen-bond donors (Lipinski definition) is 0. The molecule has 1 aliphatic rings. The molecule has 0 bridgehead atoms. The molecule has 1 atom stereocenters. The Kier molecular flexibility index (Phi) is 3.95. The summed E-state index contributed by atoms with van der Waals surface area (Å²) >= 11 is 0. The van der Waals surface area contributed by atoms with Crippen molar-refractivity contribution in [2.45, 2.75) is 18.9 Å². The first-order valence-electron chi connectivity index (χ1n) is 8.19. The van der Waals surface area contributed by atoms with Crippen LogP contribution in [-0.4, -0.2) is 6.61 Å². The fraction of sp³-hybridized carbons (Fsp3) is 0.182. The number of benzene rings is 3. The molecule has 1 unspecified atom stereocenters. The minimum atomic E-state index is 0.315. The lowest BCUT2D eigenvalue weighted by atomic mass is 9.93. The van der Waals surface area contributed by atoms with Gasteiger partial charge < -0.3 is 4.74 Å². The predicted octanol–water partition coefficient (Wildman–Crippen LogP) is 4.94. The van der Waals surface area contributed by atoms with Crippen LogP contribution in [0.4, 0.5) is 0 Å². The summed E-state index contributed by atoms with van der Waals surface area (Å²) < 4.78 is 5.46. The van der Waals surface area contributed by atoms with Crippen LogP contribution in [0.3, 0.4) is 0 Å². The first kappa shape index (κ1) is 14.2. The van der Waals surface area contributed by atoms with E-state index in [0.29, 0.717) is 6.10 Å². The van der Waals surface area contributed by atoms with Crippen molar-refractivity contribution in [3.05, 3.63) is 107 Å². The van der Waals surface area contributed by atoms with Gasteiger partial charge in [0.05, 0.1) is 6.61 Å². The van der Waals surface area contributed by atoms with Gasteiger partial charge in [-0.1, -0.05) is 78.9 Å². The molecule has 0 aromatic heterocycles. The number of epoxide rings is 1. The first-order chi connectivity index (χ1) is 11.4. The lowest BCUT2D eigenvalue weighted by Gasteiger charge is -2.12. The molecule has 1 saturated heterocycles. The van der Waals surface area contributed by atoms with Gasteiger partial charge in [-0.05, 0) is 40.7 Å². The number of ether oxygens (including phenoxy) is 1. The van der Waals surface area contributed by atoms with Gasteiger partial charge in [-0.2, -0.15) is 0 Å². The van der Waals surface area contributed by atoms with Gasteiger partial charge in [0.25, 0.3) is 0 Å². The van der Waals surface area contributed by atoms with E-state index in [0.717, 1.165) is 19.4 Å². The Morgan fingerprint density at radius 3 is 1.83 bits per heavy atom. The van der Waals surface area contributed by atoms with Gasteiger partial charge >= 0.3 is 0 Å². The smallest absolute Gasteiger partial charge is 0.106 e. The monoisotopic (exact) mass is 300 g/mol. The fourth-order valence-corrected chi connectivity index (χ4v) is 3.06. The van der Waals surface area contributed by atoms with Crippen LogP contribution in [0.1, 0.15) is 33.9 Å². The second kappa shape index (κ2) is 6.39. The Balaban J connectivity index is 1.66. The molecular weight excluding hydrogens is 280 g/mol. The quantitative estimate of drug-likeness (QED) is 0.608. The van der Waals surface area contributed by atoms with Crippen molar-refractivity contribution >= 4 is 0 Å². The van der Waals surface area contributed by atoms with Crippen molar-refractivity contribution in [1.82, 2.24) is 0 Å². The number of rotatable bonds is 5. The average Bonchev–Trinajstić information content (AvgIpc) is 3.43. The molecule has 23 heavy (non-hydrogen) atoms. The molecule has 114 valence electrons. The molecular formula is C22H20O. The molecule has 0 radical (unpaired) electrons. The van der Waals surface area contributed by atoms with E-state index < -0.39 is 0 Å². The highest BCUT2D eigenvalue weighted by Crippen LogP contribution is 2.32. The highest BCUT2D eigenvalue weighted by atomic mass is 16.6. The van der Waals surface area contributed by atoms with Crippen molar-refractivity contribution in [3.63, 3.8) is 0 Å². The highest BCUT2D eigenvalue weighted by molar-refractivity contribution is 5.40. The van der Waals surface area contributed by atoms with E-state index in [2.05, 4.69) is 78.9 Å². The molecule has 1 heterocycles. The van der Waals surface area contributed by atoms with Gasteiger partial charge in [0.1, 0.15) is 6.10 Å². The van der Waals surface area contributed by atoms with Crippen LogP contribution in [0.2, 0.25) is 0 Å². The Bertz CT molecular complexity index is 774. The van der Waals surface area contributed by atoms with Crippen molar-refractivity contribution in [2.24, 2.45) is 0 Å². The van der Waals surface area contributed by atoms with Gasteiger partial charge in [-0.25, -0.2) is 0 Å². The second-order valence-electron chi connectivity index (χ2n) is 6.17. The van der Waals surface area contributed by atoms with E-state index in [1.807, 2.05) is 0 Å². The molecule has 0 aliphatic carbocycles. The van der Waals surface area contributed by atoms with Crippen molar-refractivity contribution < 1.29 is 4.74 Å². The maximum absolute atomic E-state index is 5.46. The molecule has 1 nitrogen and oxygen atoms in total. The Labute approximate surface area is 137 Å². The summed E-state index contributed by atoms with van der Waals surface area (Å²) in [6.07, 6.45) is 2.27. The summed E-state index contributed by atoms with van der Waals surface area (Å²) in [6, 6.07) is 28.2. The lowest BCUT2D eigenvalue weighted by Crippen LogP contribution is -1.99. The zero-order chi connectivity index (χ0) is 15.5.